The van der Waals surface area contributed by atoms with Crippen LogP contribution in [-0.2, 0) is 6.54 Å². The van der Waals surface area contributed by atoms with Crippen molar-refractivity contribution in [2.24, 2.45) is 0 Å². The van der Waals surface area contributed by atoms with Gasteiger partial charge in [0.15, 0.2) is 5.01 Å². The first-order valence-corrected chi connectivity index (χ1v) is 8.97. The lowest BCUT2D eigenvalue weighted by Gasteiger charge is -2.05. The molecule has 0 spiro atoms. The van der Waals surface area contributed by atoms with Gasteiger partial charge in [0, 0.05) is 12.7 Å². The molecule has 1 heterocycles. The number of nitrogens with one attached hydrogen (secondary N) is 1. The molecule has 0 aliphatic carbocycles. The number of nitrogens with zero attached hydrogens (tertiary/aromatic N) is 1. The van der Waals surface area contributed by atoms with Gasteiger partial charge in [-0.2, -0.15) is 0 Å². The highest BCUT2D eigenvalue weighted by molar-refractivity contribution is 7.16. The van der Waals surface area contributed by atoms with E-state index >= 15 is 0 Å². The molecule has 0 radical (unpaired) electrons. The molecular formula is C20H20N2O2S. The average Bonchev–Trinajstić information content (AvgIpc) is 3.11. The van der Waals surface area contributed by atoms with Gasteiger partial charge in [0.25, 0.3) is 5.91 Å². The van der Waals surface area contributed by atoms with Crippen LogP contribution in [0.25, 0.3) is 10.4 Å². The van der Waals surface area contributed by atoms with E-state index in [1.807, 2.05) is 0 Å². The third kappa shape index (κ3) is 4.25. The molecule has 0 saturated carbocycles. The topological polar surface area (TPSA) is 62.2 Å². The molecule has 1 aromatic heterocycles. The number of phenols is 1. The van der Waals surface area contributed by atoms with Gasteiger partial charge in [-0.05, 0) is 34.7 Å². The largest absolute Gasteiger partial charge is 0.508 e. The minimum absolute atomic E-state index is 0.192. The molecular weight excluding hydrogens is 332 g/mol. The normalized spacial score (nSPS) is 10.8. The van der Waals surface area contributed by atoms with Crippen molar-refractivity contribution in [2.45, 2.75) is 26.3 Å². The van der Waals surface area contributed by atoms with Crippen molar-refractivity contribution in [1.29, 1.82) is 0 Å². The highest BCUT2D eigenvalue weighted by Gasteiger charge is 2.12. The highest BCUT2D eigenvalue weighted by Crippen LogP contribution is 2.27. The number of aromatic hydroxyl groups is 1. The van der Waals surface area contributed by atoms with Crippen LogP contribution in [0.5, 0.6) is 5.75 Å². The van der Waals surface area contributed by atoms with E-state index in [-0.39, 0.29) is 11.7 Å². The highest BCUT2D eigenvalue weighted by atomic mass is 32.1. The molecule has 2 N–H and O–H groups in total. The molecule has 0 aliphatic heterocycles. The van der Waals surface area contributed by atoms with Gasteiger partial charge in [-0.3, -0.25) is 4.79 Å². The van der Waals surface area contributed by atoms with Crippen molar-refractivity contribution in [3.8, 4) is 16.2 Å². The number of rotatable bonds is 5. The quantitative estimate of drug-likeness (QED) is 0.707. The summed E-state index contributed by atoms with van der Waals surface area (Å²) in [4.78, 5) is 17.5. The van der Waals surface area contributed by atoms with Crippen LogP contribution in [0.2, 0.25) is 0 Å². The second kappa shape index (κ2) is 7.49. The van der Waals surface area contributed by atoms with E-state index < -0.39 is 0 Å². The van der Waals surface area contributed by atoms with Crippen LogP contribution >= 0.6 is 11.3 Å². The molecule has 0 aliphatic rings. The van der Waals surface area contributed by atoms with E-state index in [0.29, 0.717) is 17.5 Å². The fourth-order valence-electron chi connectivity index (χ4n) is 2.42. The van der Waals surface area contributed by atoms with Crippen LogP contribution in [0, 0.1) is 0 Å². The lowest BCUT2D eigenvalue weighted by molar-refractivity contribution is 0.0950. The van der Waals surface area contributed by atoms with Gasteiger partial charge in [-0.25, -0.2) is 4.98 Å². The molecule has 3 aromatic rings. The number of hydrogen-bond acceptors (Lipinski definition) is 4. The third-order valence-electron chi connectivity index (χ3n) is 3.95. The maximum atomic E-state index is 12.3. The van der Waals surface area contributed by atoms with Gasteiger partial charge < -0.3 is 10.4 Å². The minimum Gasteiger partial charge on any atom is -0.508 e. The number of hydrogen-bond donors (Lipinski definition) is 2. The summed E-state index contributed by atoms with van der Waals surface area (Å²) in [7, 11) is 0. The summed E-state index contributed by atoms with van der Waals surface area (Å²) in [6.45, 7) is 4.73. The SMILES string of the molecule is CC(C)c1ccc(-c2cnc(C(=O)NCc3ccc(O)cc3)s2)cc1. The molecule has 25 heavy (non-hydrogen) atoms. The average molecular weight is 352 g/mol. The van der Waals surface area contributed by atoms with E-state index in [2.05, 4.69) is 48.4 Å². The third-order valence-corrected chi connectivity index (χ3v) is 5.00. The summed E-state index contributed by atoms with van der Waals surface area (Å²) in [6, 6.07) is 15.1. The monoisotopic (exact) mass is 352 g/mol. The van der Waals surface area contributed by atoms with Gasteiger partial charge in [0.1, 0.15) is 5.75 Å². The van der Waals surface area contributed by atoms with Crippen molar-refractivity contribution in [3.05, 3.63) is 70.9 Å². The predicted octanol–water partition coefficient (Wildman–Crippen LogP) is 4.57. The molecule has 2 aromatic carbocycles. The summed E-state index contributed by atoms with van der Waals surface area (Å²) in [6.07, 6.45) is 1.74. The molecule has 0 bridgehead atoms. The summed E-state index contributed by atoms with van der Waals surface area (Å²) in [5.74, 6) is 0.517. The number of thiazole rings is 1. The van der Waals surface area contributed by atoms with Crippen molar-refractivity contribution >= 4 is 17.2 Å². The zero-order chi connectivity index (χ0) is 17.8. The Bertz CT molecular complexity index is 852. The minimum atomic E-state index is -0.192. The standard InChI is InChI=1S/C20H20N2O2S/c1-13(2)15-5-7-16(8-6-15)18-12-22-20(25-18)19(24)21-11-14-3-9-17(23)10-4-14/h3-10,12-13,23H,11H2,1-2H3,(H,21,24). The molecule has 0 saturated heterocycles. The Morgan fingerprint density at radius 2 is 1.80 bits per heavy atom. The predicted molar refractivity (Wildman–Crippen MR) is 101 cm³/mol. The van der Waals surface area contributed by atoms with E-state index in [0.717, 1.165) is 16.0 Å². The Labute approximate surface area is 151 Å². The van der Waals surface area contributed by atoms with Crippen molar-refractivity contribution in [3.63, 3.8) is 0 Å². The van der Waals surface area contributed by atoms with E-state index in [1.54, 1.807) is 30.5 Å². The fourth-order valence-corrected chi connectivity index (χ4v) is 3.25. The lowest BCUT2D eigenvalue weighted by Crippen LogP contribution is -2.22. The molecule has 128 valence electrons. The number of carbonyl (C=O) groups excluding carboxylic acids is 1. The molecule has 0 atom stereocenters. The Kier molecular flexibility index (Phi) is 5.14. The van der Waals surface area contributed by atoms with Gasteiger partial charge in [0.05, 0.1) is 4.88 Å². The zero-order valence-corrected chi connectivity index (χ0v) is 15.0. The molecule has 4 nitrogen and oxygen atoms in total. The van der Waals surface area contributed by atoms with Gasteiger partial charge in [-0.1, -0.05) is 50.2 Å². The zero-order valence-electron chi connectivity index (χ0n) is 14.2. The second-order valence-corrected chi connectivity index (χ2v) is 7.19. The van der Waals surface area contributed by atoms with E-state index in [1.165, 1.54) is 16.9 Å². The molecule has 0 fully saturated rings. The molecule has 3 rings (SSSR count). The maximum absolute atomic E-state index is 12.3. The lowest BCUT2D eigenvalue weighted by atomic mass is 10.0. The Hall–Kier alpha value is -2.66. The smallest absolute Gasteiger partial charge is 0.280 e. The number of amides is 1. The first-order valence-electron chi connectivity index (χ1n) is 8.15. The Morgan fingerprint density at radius 3 is 2.44 bits per heavy atom. The van der Waals surface area contributed by atoms with Crippen molar-refractivity contribution in [2.75, 3.05) is 0 Å². The van der Waals surface area contributed by atoms with Crippen LogP contribution in [0.4, 0.5) is 0 Å². The first-order chi connectivity index (χ1) is 12.0. The Balaban J connectivity index is 1.65. The van der Waals surface area contributed by atoms with Crippen LogP contribution in [0.3, 0.4) is 0 Å². The molecule has 1 amide bonds. The first kappa shape index (κ1) is 17.2. The van der Waals surface area contributed by atoms with E-state index in [4.69, 9.17) is 0 Å². The summed E-state index contributed by atoms with van der Waals surface area (Å²) >= 11 is 1.38. The molecule has 5 heteroatoms. The fraction of sp³-hybridized carbons (Fsp3) is 0.200. The number of benzene rings is 2. The second-order valence-electron chi connectivity index (χ2n) is 6.16. The van der Waals surface area contributed by atoms with Crippen LogP contribution in [0.15, 0.2) is 54.7 Å². The molecule has 0 unspecified atom stereocenters. The van der Waals surface area contributed by atoms with Gasteiger partial charge in [0.2, 0.25) is 0 Å². The summed E-state index contributed by atoms with van der Waals surface area (Å²) < 4.78 is 0. The summed E-state index contributed by atoms with van der Waals surface area (Å²) in [5.41, 5.74) is 3.28. The Morgan fingerprint density at radius 1 is 1.12 bits per heavy atom. The van der Waals surface area contributed by atoms with E-state index in [9.17, 15) is 9.90 Å². The maximum Gasteiger partial charge on any atom is 0.280 e. The number of carbonyl (C=O) groups is 1. The van der Waals surface area contributed by atoms with Crippen LogP contribution in [0.1, 0.15) is 40.7 Å². The van der Waals surface area contributed by atoms with Crippen molar-refractivity contribution < 1.29 is 9.90 Å². The van der Waals surface area contributed by atoms with Gasteiger partial charge >= 0.3 is 0 Å². The van der Waals surface area contributed by atoms with Crippen LogP contribution in [-0.4, -0.2) is 16.0 Å². The van der Waals surface area contributed by atoms with Gasteiger partial charge in [-0.15, -0.1) is 11.3 Å². The van der Waals surface area contributed by atoms with Crippen molar-refractivity contribution in [1.82, 2.24) is 10.3 Å². The number of aromatic nitrogens is 1. The summed E-state index contributed by atoms with van der Waals surface area (Å²) in [5, 5.41) is 12.6. The number of phenolic OH excluding ortho intramolecular Hbond substituents is 1. The van der Waals surface area contributed by atoms with Crippen LogP contribution < -0.4 is 5.32 Å².